The van der Waals surface area contributed by atoms with Crippen molar-refractivity contribution in [1.29, 1.82) is 0 Å². The third kappa shape index (κ3) is 16.4. The standard InChI is InChI=1S/C73H83N5O19/c1-8-77(36-34-75-56(83)27-19-12-20-33-74-57(84)32-35-78-58(85)30-31-59(78)86)50-29-28-49(52(81)38-50)37-42(2)69(89)96-67(63(46-21-13-9-14-22-46)76-68(88)47-23-15-10-16-24-47)71(91)94-54-39-51-65(95-70(90)48-25-17-11-18-26-48)62-60(53(82)40-55-73(62,41-92-55)97-45(5)80)64(87)66(93-44(4)79)61(43(54)3)72(51,6)7/h9-11,13-18,21-26,28-31,37-38,51,53-55,60,62-63,65-67,81-82H,8,12,19-20,27,32-36,39-41H2,1-7H3,(H,74,84)(H,75,83)(H,76,88)/b42-37+/t51?,53?,54?,55-,60?,62?,63+,65-,66-,67?,73+/m1/s1. The van der Waals surface area contributed by atoms with Gasteiger partial charge in [-0.2, -0.15) is 0 Å². The molecule has 24 nitrogen and oxygen atoms in total. The Morgan fingerprint density at radius 3 is 2.02 bits per heavy atom. The van der Waals surface area contributed by atoms with Gasteiger partial charge in [-0.05, 0) is 105 Å². The summed E-state index contributed by atoms with van der Waals surface area (Å²) in [5.41, 5.74) is -1.17. The highest BCUT2D eigenvalue weighted by atomic mass is 16.6. The molecule has 4 aromatic rings. The van der Waals surface area contributed by atoms with E-state index < -0.39 is 125 Å². The molecule has 2 bridgehead atoms. The molecule has 5 amide bonds. The molecular formula is C73H83N5O19. The maximum absolute atomic E-state index is 15.7. The van der Waals surface area contributed by atoms with E-state index in [9.17, 15) is 53.4 Å². The number of carbonyl (C=O) groups excluding carboxylic acids is 11. The number of hydrogen-bond donors (Lipinski definition) is 5. The van der Waals surface area contributed by atoms with Gasteiger partial charge in [-0.1, -0.05) is 87.0 Å². The summed E-state index contributed by atoms with van der Waals surface area (Å²) in [4.78, 5) is 153. The minimum Gasteiger partial charge on any atom is -0.507 e. The molecule has 0 spiro atoms. The molecule has 11 atom stereocenters. The molecule has 97 heavy (non-hydrogen) atoms. The number of benzene rings is 4. The second kappa shape index (κ2) is 31.4. The lowest BCUT2D eigenvalue weighted by Crippen LogP contribution is -2.76. The molecule has 5 aliphatic rings. The number of aliphatic hydroxyl groups is 1. The molecule has 0 aromatic heterocycles. The first-order chi connectivity index (χ1) is 46.3. The van der Waals surface area contributed by atoms with Gasteiger partial charge in [-0.3, -0.25) is 43.3 Å². The number of imide groups is 1. The van der Waals surface area contributed by atoms with Crippen molar-refractivity contribution < 1.29 is 91.4 Å². The number of Topliss-reactive ketones (excluding diaryl/α,β-unsaturated/α-hetero) is 1. The summed E-state index contributed by atoms with van der Waals surface area (Å²) in [7, 11) is 0. The number of phenols is 1. The van der Waals surface area contributed by atoms with E-state index in [4.69, 9.17) is 28.4 Å². The van der Waals surface area contributed by atoms with E-state index >= 15 is 9.59 Å². The predicted molar refractivity (Wildman–Crippen MR) is 350 cm³/mol. The summed E-state index contributed by atoms with van der Waals surface area (Å²) in [6.07, 6.45) is -3.49. The van der Waals surface area contributed by atoms with Gasteiger partial charge in [0, 0.05) is 112 Å². The Morgan fingerprint density at radius 2 is 1.40 bits per heavy atom. The number of ketones is 1. The molecule has 514 valence electrons. The number of esters is 5. The maximum atomic E-state index is 15.7. The van der Waals surface area contributed by atoms with Crippen LogP contribution in [0.5, 0.6) is 5.75 Å². The van der Waals surface area contributed by atoms with Gasteiger partial charge in [-0.15, -0.1) is 0 Å². The first-order valence-corrected chi connectivity index (χ1v) is 32.7. The SMILES string of the molecule is CCN(CCNC(=O)CCCCCNC(=O)CCN1C(=O)C=CC1=O)c1ccc(/C=C(\C)C(=O)OC(C(=O)OC2CC3[C@@H](OC(=O)c4ccccc4)C4C(C(=O)[C@H](OC(C)=O)C(=C2C)C3(C)C)C(O)C[C@H]2OC[C@@]42OC(C)=O)[C@@H](NC(=O)c2ccccc2)c2ccccc2)c(O)c1. The van der Waals surface area contributed by atoms with E-state index in [2.05, 4.69) is 16.0 Å². The average molecular weight is 1330 g/mol. The zero-order valence-corrected chi connectivity index (χ0v) is 55.3. The van der Waals surface area contributed by atoms with Crippen LogP contribution in [0.15, 0.2) is 138 Å². The summed E-state index contributed by atoms with van der Waals surface area (Å²) in [6.45, 7) is 12.0. The number of ether oxygens (including phenoxy) is 6. The highest BCUT2D eigenvalue weighted by Gasteiger charge is 2.71. The summed E-state index contributed by atoms with van der Waals surface area (Å²) < 4.78 is 37.6. The summed E-state index contributed by atoms with van der Waals surface area (Å²) in [6, 6.07) is 27.8. The average Bonchev–Trinajstić information content (AvgIpc) is 0.723. The molecule has 2 saturated carbocycles. The van der Waals surface area contributed by atoms with Gasteiger partial charge in [0.2, 0.25) is 17.9 Å². The second-order valence-corrected chi connectivity index (χ2v) is 25.5. The number of nitrogens with zero attached hydrogens (tertiary/aromatic N) is 2. The first-order valence-electron chi connectivity index (χ1n) is 32.7. The van der Waals surface area contributed by atoms with Crippen LogP contribution in [-0.4, -0.2) is 162 Å². The minimum absolute atomic E-state index is 0.00258. The van der Waals surface area contributed by atoms with Gasteiger partial charge in [0.05, 0.1) is 30.1 Å². The molecule has 0 radical (unpaired) electrons. The third-order valence-corrected chi connectivity index (χ3v) is 18.9. The van der Waals surface area contributed by atoms with E-state index in [0.717, 1.165) is 11.8 Å². The van der Waals surface area contributed by atoms with Crippen LogP contribution in [0, 0.1) is 23.2 Å². The Balaban J connectivity index is 0.964. The summed E-state index contributed by atoms with van der Waals surface area (Å²) in [5, 5.41) is 32.2. The number of anilines is 1. The Bertz CT molecular complexity index is 3720. The molecule has 2 heterocycles. The number of phenolic OH excluding ortho intramolecular Hbond substituents is 1. The van der Waals surface area contributed by atoms with Gasteiger partial charge < -0.3 is 59.5 Å². The number of unbranched alkanes of at least 4 members (excludes halogenated alkanes) is 2. The number of rotatable bonds is 27. The molecule has 3 aliphatic carbocycles. The lowest BCUT2D eigenvalue weighted by Gasteiger charge is -2.62. The Kier molecular flexibility index (Phi) is 23.1. The van der Waals surface area contributed by atoms with E-state index in [1.807, 2.05) is 11.8 Å². The van der Waals surface area contributed by atoms with Crippen LogP contribution >= 0.6 is 0 Å². The maximum Gasteiger partial charge on any atom is 0.350 e. The van der Waals surface area contributed by atoms with E-state index in [1.54, 1.807) is 112 Å². The fraction of sp³-hybridized carbons (Fsp3) is 0.438. The Morgan fingerprint density at radius 1 is 0.763 bits per heavy atom. The van der Waals surface area contributed by atoms with Crippen molar-refractivity contribution in [2.75, 3.05) is 44.2 Å². The van der Waals surface area contributed by atoms with Crippen LogP contribution in [0.2, 0.25) is 0 Å². The monoisotopic (exact) mass is 1330 g/mol. The summed E-state index contributed by atoms with van der Waals surface area (Å²) in [5.74, 6) is -11.5. The number of aromatic hydroxyl groups is 1. The number of hydrogen-bond acceptors (Lipinski definition) is 20. The molecule has 6 unspecified atom stereocenters. The molecule has 4 aromatic carbocycles. The zero-order valence-electron chi connectivity index (χ0n) is 55.3. The van der Waals surface area contributed by atoms with E-state index in [-0.39, 0.29) is 96.4 Å². The number of amides is 5. The van der Waals surface area contributed by atoms with Crippen molar-refractivity contribution in [1.82, 2.24) is 20.9 Å². The van der Waals surface area contributed by atoms with Crippen LogP contribution in [0.25, 0.3) is 6.08 Å². The molecule has 2 aliphatic heterocycles. The first kappa shape index (κ1) is 71.5. The summed E-state index contributed by atoms with van der Waals surface area (Å²) >= 11 is 0. The minimum atomic E-state index is -1.99. The number of nitrogens with one attached hydrogen (secondary N) is 3. The van der Waals surface area contributed by atoms with Crippen molar-refractivity contribution in [2.24, 2.45) is 23.2 Å². The van der Waals surface area contributed by atoms with Crippen LogP contribution in [0.4, 0.5) is 5.69 Å². The van der Waals surface area contributed by atoms with Gasteiger partial charge >= 0.3 is 29.8 Å². The van der Waals surface area contributed by atoms with Crippen LogP contribution in [-0.2, 0) is 71.6 Å². The second-order valence-electron chi connectivity index (χ2n) is 25.5. The predicted octanol–water partition coefficient (Wildman–Crippen LogP) is 6.52. The highest BCUT2D eigenvalue weighted by Crippen LogP contribution is 2.60. The van der Waals surface area contributed by atoms with Gasteiger partial charge in [-0.25, -0.2) is 14.4 Å². The highest BCUT2D eigenvalue weighted by molar-refractivity contribution is 6.13. The number of likely N-dealkylation sites (N-methyl/N-ethyl adjacent to an activating group) is 1. The Labute approximate surface area is 562 Å². The van der Waals surface area contributed by atoms with Crippen molar-refractivity contribution in [2.45, 2.75) is 142 Å². The van der Waals surface area contributed by atoms with Crippen LogP contribution < -0.4 is 20.9 Å². The number of fused-ring (bicyclic) bond motifs is 5. The van der Waals surface area contributed by atoms with Gasteiger partial charge in [0.25, 0.3) is 17.7 Å². The molecule has 1 saturated heterocycles. The lowest BCUT2D eigenvalue weighted by atomic mass is 9.50. The molecule has 3 fully saturated rings. The van der Waals surface area contributed by atoms with Crippen LogP contribution in [0.1, 0.15) is 131 Å². The van der Waals surface area contributed by atoms with E-state index in [0.29, 0.717) is 50.1 Å². The molecule has 9 rings (SSSR count). The van der Waals surface area contributed by atoms with Crippen molar-refractivity contribution in [3.63, 3.8) is 0 Å². The topological polar surface area (TPSA) is 326 Å². The van der Waals surface area contributed by atoms with Crippen molar-refractivity contribution >= 4 is 76.9 Å². The fourth-order valence-corrected chi connectivity index (χ4v) is 14.0. The smallest absolute Gasteiger partial charge is 0.350 e. The molecule has 5 N–H and O–H groups in total. The third-order valence-electron chi connectivity index (χ3n) is 18.9. The normalized spacial score (nSPS) is 23.7. The largest absolute Gasteiger partial charge is 0.507 e. The van der Waals surface area contributed by atoms with Crippen LogP contribution in [0.3, 0.4) is 0 Å². The van der Waals surface area contributed by atoms with E-state index in [1.165, 1.54) is 50.3 Å². The fourth-order valence-electron chi connectivity index (χ4n) is 14.0. The lowest BCUT2D eigenvalue weighted by molar-refractivity contribution is -0.321. The van der Waals surface area contributed by atoms with Crippen molar-refractivity contribution in [3.8, 4) is 5.75 Å². The quantitative estimate of drug-likeness (QED) is 0.0106. The number of aliphatic hydroxyl groups excluding tert-OH is 1. The van der Waals surface area contributed by atoms with Crippen molar-refractivity contribution in [3.05, 3.63) is 160 Å². The molecule has 24 heteroatoms. The molecular weight excluding hydrogens is 1250 g/mol. The zero-order chi connectivity index (χ0) is 69.9. The van der Waals surface area contributed by atoms with Gasteiger partial charge in [0.15, 0.2) is 17.5 Å². The Hall–Kier alpha value is -9.81. The van der Waals surface area contributed by atoms with Gasteiger partial charge in [0.1, 0.15) is 30.1 Å². The number of carbonyl (C=O) groups is 11.